The number of amides is 2. The maximum Gasteiger partial charge on any atom is 0.338 e. The molecule has 0 aromatic heterocycles. The monoisotopic (exact) mass is 411 g/mol. The molecule has 10 nitrogen and oxygen atoms in total. The topological polar surface area (TPSA) is 129 Å². The molecule has 2 amide bonds. The molecule has 2 aromatic rings. The van der Waals surface area contributed by atoms with Gasteiger partial charge in [0.25, 0.3) is 5.69 Å². The summed E-state index contributed by atoms with van der Waals surface area (Å²) >= 11 is 0. The van der Waals surface area contributed by atoms with Crippen LogP contribution in [0.15, 0.2) is 53.7 Å². The van der Waals surface area contributed by atoms with Crippen molar-refractivity contribution in [2.45, 2.75) is 19.6 Å². The molecule has 2 aliphatic heterocycles. The number of rotatable bonds is 5. The van der Waals surface area contributed by atoms with Crippen LogP contribution in [-0.2, 0) is 16.1 Å². The smallest absolute Gasteiger partial charge is 0.338 e. The van der Waals surface area contributed by atoms with Gasteiger partial charge in [-0.25, -0.2) is 9.59 Å². The number of hydrogen-bond donors (Lipinski definition) is 2. The van der Waals surface area contributed by atoms with Gasteiger partial charge in [-0.05, 0) is 30.2 Å². The highest BCUT2D eigenvalue weighted by Crippen LogP contribution is 2.33. The summed E-state index contributed by atoms with van der Waals surface area (Å²) in [5.74, 6) is 0.530. The summed E-state index contributed by atoms with van der Waals surface area (Å²) in [5.41, 5.74) is 1.42. The second kappa shape index (κ2) is 7.74. The highest BCUT2D eigenvalue weighted by atomic mass is 16.7. The first kappa shape index (κ1) is 19.2. The van der Waals surface area contributed by atoms with Crippen molar-refractivity contribution in [1.29, 1.82) is 0 Å². The van der Waals surface area contributed by atoms with E-state index in [0.29, 0.717) is 28.3 Å². The summed E-state index contributed by atoms with van der Waals surface area (Å²) in [6.45, 7) is 1.68. The van der Waals surface area contributed by atoms with E-state index in [1.54, 1.807) is 31.2 Å². The average Bonchev–Trinajstić information content (AvgIpc) is 3.19. The Morgan fingerprint density at radius 3 is 2.83 bits per heavy atom. The summed E-state index contributed by atoms with van der Waals surface area (Å²) < 4.78 is 16.0. The number of nitro groups is 1. The molecule has 0 bridgehead atoms. The SMILES string of the molecule is CC1=C(C(=O)OCc2ccc3c(c2)OCO3)[C@@H](c2cccc([N+](=O)[O-])c2)NC(=O)N1. The van der Waals surface area contributed by atoms with E-state index in [4.69, 9.17) is 14.2 Å². The Morgan fingerprint density at radius 1 is 1.23 bits per heavy atom. The molecule has 2 aliphatic rings. The molecule has 30 heavy (non-hydrogen) atoms. The number of non-ortho nitro benzene ring substituents is 1. The van der Waals surface area contributed by atoms with Crippen LogP contribution >= 0.6 is 0 Å². The Morgan fingerprint density at radius 2 is 2.03 bits per heavy atom. The zero-order valence-corrected chi connectivity index (χ0v) is 15.8. The van der Waals surface area contributed by atoms with E-state index in [2.05, 4.69) is 10.6 Å². The molecule has 0 fully saturated rings. The van der Waals surface area contributed by atoms with Gasteiger partial charge in [-0.2, -0.15) is 0 Å². The fourth-order valence-corrected chi connectivity index (χ4v) is 3.29. The molecular weight excluding hydrogens is 394 g/mol. The minimum Gasteiger partial charge on any atom is -0.457 e. The standard InChI is InChI=1S/C20H17N3O7/c1-11-17(19(24)28-9-12-5-6-15-16(7-12)30-10-29-15)18(22-20(25)21-11)13-3-2-4-14(8-13)23(26)27/h2-8,18H,9-10H2,1H3,(H2,21,22,25)/t18-/m1/s1. The van der Waals surface area contributed by atoms with E-state index < -0.39 is 23.0 Å². The van der Waals surface area contributed by atoms with E-state index in [-0.39, 0.29) is 24.7 Å². The molecule has 0 unspecified atom stereocenters. The van der Waals surface area contributed by atoms with Gasteiger partial charge >= 0.3 is 12.0 Å². The van der Waals surface area contributed by atoms with Crippen LogP contribution in [0.4, 0.5) is 10.5 Å². The van der Waals surface area contributed by atoms with Crippen LogP contribution in [0.25, 0.3) is 0 Å². The number of benzene rings is 2. The van der Waals surface area contributed by atoms with Gasteiger partial charge in [0, 0.05) is 17.8 Å². The van der Waals surface area contributed by atoms with Gasteiger partial charge in [0.1, 0.15) is 6.61 Å². The lowest BCUT2D eigenvalue weighted by molar-refractivity contribution is -0.384. The second-order valence-corrected chi connectivity index (χ2v) is 6.69. The lowest BCUT2D eigenvalue weighted by atomic mass is 9.95. The van der Waals surface area contributed by atoms with E-state index in [9.17, 15) is 19.7 Å². The largest absolute Gasteiger partial charge is 0.457 e. The van der Waals surface area contributed by atoms with Crippen LogP contribution in [0.1, 0.15) is 24.1 Å². The first-order valence-corrected chi connectivity index (χ1v) is 9.00. The van der Waals surface area contributed by atoms with Crippen molar-refractivity contribution in [3.8, 4) is 11.5 Å². The number of nitro benzene ring substituents is 1. The third-order valence-corrected chi connectivity index (χ3v) is 4.71. The van der Waals surface area contributed by atoms with Gasteiger partial charge in [0.05, 0.1) is 16.5 Å². The van der Waals surface area contributed by atoms with Crippen molar-refractivity contribution in [2.24, 2.45) is 0 Å². The number of hydrogen-bond acceptors (Lipinski definition) is 7. The molecule has 0 radical (unpaired) electrons. The Labute approximate surface area is 170 Å². The molecule has 4 rings (SSSR count). The van der Waals surface area contributed by atoms with E-state index in [0.717, 1.165) is 0 Å². The van der Waals surface area contributed by atoms with Crippen LogP contribution in [0.3, 0.4) is 0 Å². The molecule has 2 N–H and O–H groups in total. The molecule has 0 spiro atoms. The molecule has 1 atom stereocenters. The van der Waals surface area contributed by atoms with Gasteiger partial charge in [-0.15, -0.1) is 0 Å². The van der Waals surface area contributed by atoms with Crippen LogP contribution in [0.2, 0.25) is 0 Å². The Hall–Kier alpha value is -4.08. The molecule has 2 aromatic carbocycles. The first-order chi connectivity index (χ1) is 14.4. The maximum atomic E-state index is 12.9. The van der Waals surface area contributed by atoms with Crippen molar-refractivity contribution in [1.82, 2.24) is 10.6 Å². The number of fused-ring (bicyclic) bond motifs is 1. The summed E-state index contributed by atoms with van der Waals surface area (Å²) in [6.07, 6.45) is 0. The highest BCUT2D eigenvalue weighted by Gasteiger charge is 2.33. The van der Waals surface area contributed by atoms with Crippen molar-refractivity contribution in [3.63, 3.8) is 0 Å². The number of ether oxygens (including phenoxy) is 3. The van der Waals surface area contributed by atoms with Gasteiger partial charge in [0.15, 0.2) is 11.5 Å². The highest BCUT2D eigenvalue weighted by molar-refractivity contribution is 5.95. The van der Waals surface area contributed by atoms with E-state index in [1.165, 1.54) is 18.2 Å². The molecule has 154 valence electrons. The predicted molar refractivity (Wildman–Crippen MR) is 103 cm³/mol. The number of allylic oxidation sites excluding steroid dienone is 1. The van der Waals surface area contributed by atoms with Crippen molar-refractivity contribution >= 4 is 17.7 Å². The minimum absolute atomic E-state index is 0.0259. The minimum atomic E-state index is -0.886. The Kier molecular flexibility index (Phi) is 4.97. The fraction of sp³-hybridized carbons (Fsp3) is 0.200. The van der Waals surface area contributed by atoms with Crippen molar-refractivity contribution in [3.05, 3.63) is 75.0 Å². The molecular formula is C20H17N3O7. The summed E-state index contributed by atoms with van der Waals surface area (Å²) in [6, 6.07) is 9.53. The lowest BCUT2D eigenvalue weighted by Gasteiger charge is -2.28. The molecule has 10 heteroatoms. The predicted octanol–water partition coefficient (Wildman–Crippen LogP) is 2.69. The normalized spacial score (nSPS) is 17.2. The molecule has 0 aliphatic carbocycles. The lowest BCUT2D eigenvalue weighted by Crippen LogP contribution is -2.45. The van der Waals surface area contributed by atoms with E-state index in [1.807, 2.05) is 0 Å². The number of carbonyl (C=O) groups is 2. The van der Waals surface area contributed by atoms with Crippen molar-refractivity contribution in [2.75, 3.05) is 6.79 Å². The van der Waals surface area contributed by atoms with Crippen LogP contribution in [0.5, 0.6) is 11.5 Å². The number of urea groups is 1. The van der Waals surface area contributed by atoms with Crippen LogP contribution in [-0.4, -0.2) is 23.7 Å². The van der Waals surface area contributed by atoms with Crippen molar-refractivity contribution < 1.29 is 28.7 Å². The quantitative estimate of drug-likeness (QED) is 0.440. The summed E-state index contributed by atoms with van der Waals surface area (Å²) in [7, 11) is 0. The van der Waals surface area contributed by atoms with Gasteiger partial charge in [0.2, 0.25) is 6.79 Å². The second-order valence-electron chi connectivity index (χ2n) is 6.69. The Balaban J connectivity index is 1.57. The average molecular weight is 411 g/mol. The van der Waals surface area contributed by atoms with E-state index >= 15 is 0 Å². The van der Waals surface area contributed by atoms with Crippen LogP contribution in [0, 0.1) is 10.1 Å². The van der Waals surface area contributed by atoms with Gasteiger partial charge in [-0.3, -0.25) is 10.1 Å². The number of nitrogens with one attached hydrogen (secondary N) is 2. The third-order valence-electron chi connectivity index (χ3n) is 4.71. The molecule has 2 heterocycles. The van der Waals surface area contributed by atoms with Gasteiger partial charge in [-0.1, -0.05) is 18.2 Å². The number of nitrogens with zero attached hydrogens (tertiary/aromatic N) is 1. The van der Waals surface area contributed by atoms with Gasteiger partial charge < -0.3 is 24.8 Å². The molecule has 0 saturated heterocycles. The van der Waals surface area contributed by atoms with Crippen LogP contribution < -0.4 is 20.1 Å². The Bertz CT molecular complexity index is 1080. The maximum absolute atomic E-state index is 12.9. The third kappa shape index (κ3) is 3.75. The zero-order chi connectivity index (χ0) is 21.3. The first-order valence-electron chi connectivity index (χ1n) is 9.00. The molecule has 0 saturated carbocycles. The number of esters is 1. The summed E-state index contributed by atoms with van der Waals surface area (Å²) in [4.78, 5) is 35.4. The zero-order valence-electron chi connectivity index (χ0n) is 15.8. The summed E-state index contributed by atoms with van der Waals surface area (Å²) in [5, 5.41) is 16.3. The fourth-order valence-electron chi connectivity index (χ4n) is 3.29. The number of carbonyl (C=O) groups excluding carboxylic acids is 2.